The molecular weight excluding hydrogens is 858 g/mol. The van der Waals surface area contributed by atoms with Gasteiger partial charge in [0.25, 0.3) is 0 Å². The van der Waals surface area contributed by atoms with E-state index in [1.54, 1.807) is 24.4 Å². The van der Waals surface area contributed by atoms with Gasteiger partial charge in [0.1, 0.15) is 17.2 Å². The summed E-state index contributed by atoms with van der Waals surface area (Å²) in [6.07, 6.45) is 1.75. The van der Waals surface area contributed by atoms with Gasteiger partial charge in [-0.3, -0.25) is 9.55 Å². The van der Waals surface area contributed by atoms with Crippen LogP contribution in [-0.2, 0) is 21.1 Å². The zero-order valence-corrected chi connectivity index (χ0v) is 31.5. The fraction of sp³-hybridized carbons (Fsp3) is 0.0204. The largest absolute Gasteiger partial charge is 0.507 e. The molecule has 6 heteroatoms. The van der Waals surface area contributed by atoms with E-state index >= 15 is 0 Å². The number of phenolic OH excluding ortho intramolecular Hbond substituents is 1. The summed E-state index contributed by atoms with van der Waals surface area (Å²) in [4.78, 5) is 10.2. The molecule has 0 atom stereocenters. The third-order valence-electron chi connectivity index (χ3n) is 9.99. The Balaban J connectivity index is 0.00000436. The summed E-state index contributed by atoms with van der Waals surface area (Å²) in [5.41, 5.74) is 11.7. The Hall–Kier alpha value is -6.55. The maximum Gasteiger partial charge on any atom is 0.148 e. The molecule has 10 rings (SSSR count). The Morgan fingerprint density at radius 1 is 0.655 bits per heavy atom. The molecule has 0 radical (unpaired) electrons. The Bertz CT molecular complexity index is 3140. The van der Waals surface area contributed by atoms with Crippen molar-refractivity contribution in [1.82, 2.24) is 14.5 Å². The van der Waals surface area contributed by atoms with Gasteiger partial charge < -0.3 is 9.52 Å². The van der Waals surface area contributed by atoms with Crippen LogP contribution in [0.1, 0.15) is 9.68 Å². The van der Waals surface area contributed by atoms with Crippen molar-refractivity contribution in [1.29, 1.82) is 0 Å². The van der Waals surface area contributed by atoms with Crippen molar-refractivity contribution < 1.29 is 34.7 Å². The van der Waals surface area contributed by atoms with Crippen LogP contribution in [0.5, 0.6) is 5.75 Å². The van der Waals surface area contributed by atoms with E-state index in [1.807, 2.05) is 103 Å². The zero-order chi connectivity index (χ0) is 38.7. The quantitative estimate of drug-likeness (QED) is 0.169. The Labute approximate surface area is 336 Å². The Kier molecular flexibility index (Phi) is 7.87. The molecule has 0 unspecified atom stereocenters. The van der Waals surface area contributed by atoms with Crippen LogP contribution in [0, 0.1) is 12.9 Å². The number of phenols is 1. The third kappa shape index (κ3) is 5.94. The van der Waals surface area contributed by atoms with Crippen LogP contribution < -0.4 is 0 Å². The number of pyridine rings is 1. The molecule has 0 aliphatic rings. The van der Waals surface area contributed by atoms with Crippen LogP contribution in [0.4, 0.5) is 0 Å². The van der Waals surface area contributed by atoms with Gasteiger partial charge in [-0.15, -0.1) is 11.6 Å². The second-order valence-electron chi connectivity index (χ2n) is 13.2. The number of benzene rings is 7. The van der Waals surface area contributed by atoms with E-state index in [0.29, 0.717) is 28.2 Å². The first kappa shape index (κ1) is 30.9. The molecule has 0 spiro atoms. The van der Waals surface area contributed by atoms with Crippen molar-refractivity contribution in [2.45, 2.75) is 6.85 Å². The molecule has 0 saturated heterocycles. The van der Waals surface area contributed by atoms with Gasteiger partial charge in [0.2, 0.25) is 0 Å². The fourth-order valence-electron chi connectivity index (χ4n) is 7.47. The monoisotopic (exact) mass is 892 g/mol. The second-order valence-corrected chi connectivity index (χ2v) is 13.2. The first-order valence-electron chi connectivity index (χ1n) is 19.2. The van der Waals surface area contributed by atoms with E-state index in [4.69, 9.17) is 18.5 Å². The molecule has 7 aromatic carbocycles. The smallest absolute Gasteiger partial charge is 0.148 e. The van der Waals surface area contributed by atoms with E-state index in [0.717, 1.165) is 72.0 Å². The molecular formula is C49H32N3O2Pt-. The van der Waals surface area contributed by atoms with Crippen molar-refractivity contribution >= 4 is 33.0 Å². The standard InChI is InChI=1S/C49H32N3O2.Pt/c1-31-22-24-32(25-23-31)34-26-27-50-41(29-34)35-28-40(47-39-16-7-10-21-45(39)54-46(47)30-35)37-17-11-19-43-48(37)51-49(38-15-6-9-20-44(38)53)52(43)42-18-8-5-14-36(42)33-12-3-2-4-13-33;/h2-27,29-30,53H,1H3;/q-1;/i1D3;. The summed E-state index contributed by atoms with van der Waals surface area (Å²) >= 11 is 0. The van der Waals surface area contributed by atoms with Crippen molar-refractivity contribution in [3.05, 3.63) is 182 Å². The van der Waals surface area contributed by atoms with Gasteiger partial charge in [0, 0.05) is 42.6 Å². The van der Waals surface area contributed by atoms with Gasteiger partial charge in [0.15, 0.2) is 0 Å². The van der Waals surface area contributed by atoms with E-state index < -0.39 is 6.85 Å². The maximum atomic E-state index is 11.3. The summed E-state index contributed by atoms with van der Waals surface area (Å²) in [7, 11) is 0. The Morgan fingerprint density at radius 3 is 2.24 bits per heavy atom. The first-order chi connectivity index (χ1) is 27.8. The molecule has 3 heterocycles. The first-order valence-corrected chi connectivity index (χ1v) is 17.7. The van der Waals surface area contributed by atoms with Crippen molar-refractivity contribution in [3.63, 3.8) is 0 Å². The van der Waals surface area contributed by atoms with Crippen LogP contribution in [0.25, 0.3) is 94.7 Å². The van der Waals surface area contributed by atoms with Crippen molar-refractivity contribution in [2.75, 3.05) is 0 Å². The van der Waals surface area contributed by atoms with Gasteiger partial charge in [-0.25, -0.2) is 4.98 Å². The average molecular weight is 893 g/mol. The SMILES string of the molecule is [2H]C([2H])([2H])c1ccc(-c2ccnc(-c3[c-]c(-c4cccc5c4nc(-c4ccccc4O)n5-c4ccccc4-c4ccccc4)c4c(c3)oc3ccccc34)c2)cc1.[Pt]. The fourth-order valence-corrected chi connectivity index (χ4v) is 7.47. The van der Waals surface area contributed by atoms with E-state index in [9.17, 15) is 5.11 Å². The molecule has 0 amide bonds. The predicted molar refractivity (Wildman–Crippen MR) is 219 cm³/mol. The number of furan rings is 1. The summed E-state index contributed by atoms with van der Waals surface area (Å²) < 4.78 is 32.0. The van der Waals surface area contributed by atoms with Crippen molar-refractivity contribution in [2.24, 2.45) is 0 Å². The van der Waals surface area contributed by atoms with E-state index in [-0.39, 0.29) is 26.8 Å². The number of rotatable bonds is 6. The second kappa shape index (κ2) is 14.0. The molecule has 0 bridgehead atoms. The molecule has 10 aromatic rings. The normalized spacial score (nSPS) is 12.3. The van der Waals surface area contributed by atoms with Crippen LogP contribution in [-0.4, -0.2) is 19.6 Å². The number of fused-ring (bicyclic) bond motifs is 4. The van der Waals surface area contributed by atoms with Crippen LogP contribution in [0.2, 0.25) is 0 Å². The topological polar surface area (TPSA) is 64.1 Å². The minimum Gasteiger partial charge on any atom is -0.507 e. The molecule has 3 aromatic heterocycles. The van der Waals surface area contributed by atoms with Gasteiger partial charge >= 0.3 is 0 Å². The molecule has 1 N–H and O–H groups in total. The average Bonchev–Trinajstić information content (AvgIpc) is 3.82. The molecule has 55 heavy (non-hydrogen) atoms. The number of hydrogen-bond donors (Lipinski definition) is 1. The molecule has 0 saturated carbocycles. The number of hydrogen-bond acceptors (Lipinski definition) is 4. The van der Waals surface area contributed by atoms with Gasteiger partial charge in [-0.1, -0.05) is 144 Å². The number of aryl methyl sites for hydroxylation is 1. The summed E-state index contributed by atoms with van der Waals surface area (Å²) in [6.45, 7) is -2.18. The molecule has 0 aliphatic heterocycles. The maximum absolute atomic E-state index is 11.3. The number of imidazole rings is 1. The number of para-hydroxylation sites is 4. The predicted octanol–water partition coefficient (Wildman–Crippen LogP) is 12.5. The van der Waals surface area contributed by atoms with Gasteiger partial charge in [-0.2, -0.15) is 0 Å². The Morgan fingerprint density at radius 2 is 1.40 bits per heavy atom. The van der Waals surface area contributed by atoms with Gasteiger partial charge in [-0.05, 0) is 70.7 Å². The molecule has 0 fully saturated rings. The minimum atomic E-state index is -2.18. The molecule has 266 valence electrons. The van der Waals surface area contributed by atoms with Crippen LogP contribution in [0.15, 0.2) is 174 Å². The van der Waals surface area contributed by atoms with Crippen LogP contribution >= 0.6 is 0 Å². The summed E-state index contributed by atoms with van der Waals surface area (Å²) in [5.74, 6) is 0.728. The summed E-state index contributed by atoms with van der Waals surface area (Å²) in [5, 5.41) is 13.1. The third-order valence-corrected chi connectivity index (χ3v) is 9.99. The van der Waals surface area contributed by atoms with Gasteiger partial charge in [0.05, 0.1) is 27.9 Å². The van der Waals surface area contributed by atoms with Crippen LogP contribution in [0.3, 0.4) is 0 Å². The molecule has 5 nitrogen and oxygen atoms in total. The number of aromatic nitrogens is 3. The molecule has 0 aliphatic carbocycles. The summed E-state index contributed by atoms with van der Waals surface area (Å²) in [6, 6.07) is 56.5. The minimum absolute atomic E-state index is 0. The number of nitrogens with zero attached hydrogens (tertiary/aromatic N) is 3. The van der Waals surface area contributed by atoms with E-state index in [1.165, 1.54) is 0 Å². The van der Waals surface area contributed by atoms with Crippen molar-refractivity contribution in [3.8, 4) is 67.5 Å². The van der Waals surface area contributed by atoms with E-state index in [2.05, 4.69) is 53.1 Å². The zero-order valence-electron chi connectivity index (χ0n) is 32.2. The number of aromatic hydroxyl groups is 1.